The number of halogens is 2. The van der Waals surface area contributed by atoms with E-state index < -0.39 is 17.3 Å². The highest BCUT2D eigenvalue weighted by molar-refractivity contribution is 6.42. The molecule has 0 N–H and O–H groups in total. The number of imide groups is 1. The third-order valence-corrected chi connectivity index (χ3v) is 9.75. The van der Waals surface area contributed by atoms with Gasteiger partial charge in [0, 0.05) is 17.5 Å². The van der Waals surface area contributed by atoms with Crippen molar-refractivity contribution in [2.45, 2.75) is 11.3 Å². The zero-order valence-corrected chi connectivity index (χ0v) is 23.2. The Balaban J connectivity index is 1.40. The molecule has 41 heavy (non-hydrogen) atoms. The number of nitrogens with zero attached hydrogens (tertiary/aromatic N) is 2. The van der Waals surface area contributed by atoms with Crippen LogP contribution in [0.4, 0.5) is 11.4 Å². The Hall–Kier alpha value is -4.25. The monoisotopic (exact) mass is 572 g/mol. The highest BCUT2D eigenvalue weighted by Crippen LogP contribution is 2.64. The van der Waals surface area contributed by atoms with E-state index in [1.165, 1.54) is 4.90 Å². The number of aliphatic imine (C=N–C) groups is 1. The summed E-state index contributed by atoms with van der Waals surface area (Å²) in [7, 11) is 0. The van der Waals surface area contributed by atoms with Gasteiger partial charge in [-0.3, -0.25) is 14.6 Å². The van der Waals surface area contributed by atoms with E-state index in [4.69, 9.17) is 28.2 Å². The molecule has 198 valence electrons. The van der Waals surface area contributed by atoms with Gasteiger partial charge in [0.05, 0.1) is 38.7 Å². The van der Waals surface area contributed by atoms with Gasteiger partial charge in [0.25, 0.3) is 0 Å². The second-order valence-corrected chi connectivity index (χ2v) is 11.7. The van der Waals surface area contributed by atoms with Crippen molar-refractivity contribution in [1.82, 2.24) is 0 Å². The quantitative estimate of drug-likeness (QED) is 0.162. The summed E-state index contributed by atoms with van der Waals surface area (Å²) in [5, 5.41) is 2.70. The predicted molar refractivity (Wildman–Crippen MR) is 164 cm³/mol. The molecule has 2 bridgehead atoms. The van der Waals surface area contributed by atoms with Gasteiger partial charge in [-0.05, 0) is 51.9 Å². The molecule has 0 spiro atoms. The third-order valence-electron chi connectivity index (χ3n) is 9.01. The van der Waals surface area contributed by atoms with Gasteiger partial charge in [-0.1, -0.05) is 108 Å². The summed E-state index contributed by atoms with van der Waals surface area (Å²) in [6, 6.07) is 35.2. The van der Waals surface area contributed by atoms with E-state index >= 15 is 0 Å². The second kappa shape index (κ2) is 8.87. The molecular weight excluding hydrogens is 551 g/mol. The van der Waals surface area contributed by atoms with Crippen LogP contribution in [-0.4, -0.2) is 18.0 Å². The van der Waals surface area contributed by atoms with Gasteiger partial charge in [-0.2, -0.15) is 0 Å². The first-order chi connectivity index (χ1) is 20.0. The molecule has 1 aliphatic heterocycles. The molecule has 2 atom stereocenters. The van der Waals surface area contributed by atoms with Crippen LogP contribution < -0.4 is 4.90 Å². The smallest absolute Gasteiger partial charge is 0.239 e. The lowest BCUT2D eigenvalue weighted by molar-refractivity contribution is -0.122. The fraction of sp³-hybridized carbons (Fsp3) is 0.114. The topological polar surface area (TPSA) is 49.7 Å². The lowest BCUT2D eigenvalue weighted by Gasteiger charge is -2.52. The molecule has 0 aromatic heterocycles. The Bertz CT molecular complexity index is 1910. The summed E-state index contributed by atoms with van der Waals surface area (Å²) in [5.41, 5.74) is 4.43. The minimum atomic E-state index is -0.954. The van der Waals surface area contributed by atoms with E-state index in [1.54, 1.807) is 18.2 Å². The highest BCUT2D eigenvalue weighted by Gasteiger charge is 2.68. The van der Waals surface area contributed by atoms with Crippen LogP contribution in [0.15, 0.2) is 114 Å². The van der Waals surface area contributed by atoms with Crippen molar-refractivity contribution in [3.8, 4) is 0 Å². The fourth-order valence-corrected chi connectivity index (χ4v) is 7.72. The van der Waals surface area contributed by atoms with Crippen molar-refractivity contribution in [1.29, 1.82) is 0 Å². The van der Waals surface area contributed by atoms with Gasteiger partial charge < -0.3 is 0 Å². The van der Waals surface area contributed by atoms with Crippen LogP contribution >= 0.6 is 23.2 Å². The van der Waals surface area contributed by atoms with Crippen molar-refractivity contribution in [3.63, 3.8) is 0 Å². The summed E-state index contributed by atoms with van der Waals surface area (Å²) < 4.78 is 0. The van der Waals surface area contributed by atoms with Crippen LogP contribution in [0.25, 0.3) is 10.8 Å². The molecule has 1 saturated heterocycles. The van der Waals surface area contributed by atoms with Crippen molar-refractivity contribution >= 4 is 63.4 Å². The van der Waals surface area contributed by atoms with Gasteiger partial charge in [-0.25, -0.2) is 4.90 Å². The van der Waals surface area contributed by atoms with Crippen molar-refractivity contribution in [2.75, 3.05) is 4.90 Å². The number of hydrogen-bond acceptors (Lipinski definition) is 3. The first-order valence-electron chi connectivity index (χ1n) is 13.6. The van der Waals surface area contributed by atoms with Crippen molar-refractivity contribution in [2.24, 2.45) is 16.8 Å². The molecule has 4 aliphatic rings. The standard InChI is InChI=1S/C35H22Cl2N2O2/c36-27-17-16-21(18-28(27)37)38-19-35-25-13-5-3-11-23(25)30(24-12-4-6-14-26(24)35)31-32(35)34(41)39(33(31)40)29-15-7-9-20-8-1-2-10-22(20)29/h1-19,30-32H/t30?,31-,32+,35?/m0/s1. The summed E-state index contributed by atoms with van der Waals surface area (Å²) in [5.74, 6) is -1.82. The number of hydrogen-bond donors (Lipinski definition) is 0. The molecule has 6 heteroatoms. The Morgan fingerprint density at radius 3 is 2.10 bits per heavy atom. The largest absolute Gasteiger partial charge is 0.274 e. The summed E-state index contributed by atoms with van der Waals surface area (Å²) in [6.07, 6.45) is 1.87. The van der Waals surface area contributed by atoms with Crippen LogP contribution in [0.1, 0.15) is 28.2 Å². The van der Waals surface area contributed by atoms with Crippen LogP contribution in [-0.2, 0) is 15.0 Å². The summed E-state index contributed by atoms with van der Waals surface area (Å²) in [4.78, 5) is 35.6. The van der Waals surface area contributed by atoms with Gasteiger partial charge in [-0.15, -0.1) is 0 Å². The zero-order chi connectivity index (χ0) is 27.9. The van der Waals surface area contributed by atoms with E-state index in [2.05, 4.69) is 24.3 Å². The minimum absolute atomic E-state index is 0.169. The van der Waals surface area contributed by atoms with Gasteiger partial charge in [0.15, 0.2) is 0 Å². The minimum Gasteiger partial charge on any atom is -0.274 e. The lowest BCUT2D eigenvalue weighted by Crippen LogP contribution is -2.54. The third kappa shape index (κ3) is 3.26. The molecule has 1 fully saturated rings. The molecule has 5 aromatic carbocycles. The number of carbonyl (C=O) groups is 2. The molecule has 3 aliphatic carbocycles. The van der Waals surface area contributed by atoms with Crippen molar-refractivity contribution in [3.05, 3.63) is 141 Å². The maximum Gasteiger partial charge on any atom is 0.239 e. The summed E-state index contributed by atoms with van der Waals surface area (Å²) in [6.45, 7) is 0. The average molecular weight is 573 g/mol. The number of anilines is 1. The highest BCUT2D eigenvalue weighted by atomic mass is 35.5. The Morgan fingerprint density at radius 1 is 0.707 bits per heavy atom. The second-order valence-electron chi connectivity index (χ2n) is 10.9. The Labute approximate surface area is 246 Å². The van der Waals surface area contributed by atoms with Crippen LogP contribution in [0.3, 0.4) is 0 Å². The van der Waals surface area contributed by atoms with Crippen LogP contribution in [0, 0.1) is 11.8 Å². The SMILES string of the molecule is O=C1[C@H]2C3c4ccccc4C(C=Nc4ccc(Cl)c(Cl)c4)(c4ccccc43)[C@H]2C(=O)N1c1cccc2ccccc12. The molecule has 0 radical (unpaired) electrons. The fourth-order valence-electron chi connectivity index (χ4n) is 7.43. The number of amides is 2. The number of rotatable bonds is 3. The predicted octanol–water partition coefficient (Wildman–Crippen LogP) is 8.10. The van der Waals surface area contributed by atoms with Crippen LogP contribution in [0.5, 0.6) is 0 Å². The first kappa shape index (κ1) is 24.5. The summed E-state index contributed by atoms with van der Waals surface area (Å²) >= 11 is 12.5. The molecule has 2 amide bonds. The molecule has 0 unspecified atom stereocenters. The van der Waals surface area contributed by atoms with E-state index in [-0.39, 0.29) is 17.7 Å². The van der Waals surface area contributed by atoms with E-state index in [1.807, 2.05) is 72.9 Å². The number of benzene rings is 5. The molecule has 5 aromatic rings. The molecule has 0 saturated carbocycles. The van der Waals surface area contributed by atoms with E-state index in [0.717, 1.165) is 33.0 Å². The Morgan fingerprint density at radius 2 is 1.37 bits per heavy atom. The maximum atomic E-state index is 14.7. The lowest BCUT2D eigenvalue weighted by atomic mass is 9.47. The number of fused-ring (bicyclic) bond motifs is 1. The zero-order valence-electron chi connectivity index (χ0n) is 21.7. The van der Waals surface area contributed by atoms with Crippen LogP contribution in [0.2, 0.25) is 10.0 Å². The van der Waals surface area contributed by atoms with Gasteiger partial charge in [0.1, 0.15) is 0 Å². The molecule has 9 rings (SSSR count). The van der Waals surface area contributed by atoms with Crippen molar-refractivity contribution < 1.29 is 9.59 Å². The molecule has 1 heterocycles. The normalized spacial score (nSPS) is 24.1. The number of carbonyl (C=O) groups excluding carboxylic acids is 2. The first-order valence-corrected chi connectivity index (χ1v) is 14.3. The van der Waals surface area contributed by atoms with Gasteiger partial charge >= 0.3 is 0 Å². The Kier molecular flexibility index (Phi) is 5.31. The van der Waals surface area contributed by atoms with Gasteiger partial charge in [0.2, 0.25) is 11.8 Å². The maximum absolute atomic E-state index is 14.7. The molecule has 4 nitrogen and oxygen atoms in total. The average Bonchev–Trinajstić information content (AvgIpc) is 3.28. The van der Waals surface area contributed by atoms with E-state index in [9.17, 15) is 9.59 Å². The van der Waals surface area contributed by atoms with E-state index in [0.29, 0.717) is 21.4 Å². The molecular formula is C35H22Cl2N2O2.